The fourth-order valence-corrected chi connectivity index (χ4v) is 2.88. The highest BCUT2D eigenvalue weighted by Crippen LogP contribution is 2.21. The monoisotopic (exact) mass is 381 g/mol. The first kappa shape index (κ1) is 19.5. The Balaban J connectivity index is 2.05. The van der Waals surface area contributed by atoms with Crippen molar-refractivity contribution >= 4 is 21.7 Å². The maximum atomic E-state index is 12.1. The zero-order valence-corrected chi connectivity index (χ0v) is 15.1. The van der Waals surface area contributed by atoms with E-state index >= 15 is 0 Å². The Kier molecular flexibility index (Phi) is 6.04. The van der Waals surface area contributed by atoms with Gasteiger partial charge in [-0.25, -0.2) is 8.42 Å². The summed E-state index contributed by atoms with van der Waals surface area (Å²) < 4.78 is 32.9. The van der Waals surface area contributed by atoms with Crippen molar-refractivity contribution in [1.82, 2.24) is 5.32 Å². The molecule has 8 nitrogen and oxygen atoms in total. The summed E-state index contributed by atoms with van der Waals surface area (Å²) in [6, 6.07) is 9.42. The molecule has 0 saturated heterocycles. The molecule has 0 fully saturated rings. The van der Waals surface area contributed by atoms with Gasteiger partial charge >= 0.3 is 5.97 Å². The predicted octanol–water partition coefficient (Wildman–Crippen LogP) is 1.36. The van der Waals surface area contributed by atoms with Crippen molar-refractivity contribution in [2.45, 2.75) is 11.5 Å². The maximum absolute atomic E-state index is 12.1. The first-order chi connectivity index (χ1) is 12.2. The lowest BCUT2D eigenvalue weighted by molar-refractivity contribution is -0.141. The van der Waals surface area contributed by atoms with E-state index in [4.69, 9.17) is 9.15 Å². The highest BCUT2D eigenvalue weighted by atomic mass is 32.2. The number of carbonyl (C=O) groups is 2. The number of amides is 1. The van der Waals surface area contributed by atoms with E-state index in [1.54, 1.807) is 24.3 Å². The highest BCUT2D eigenvalue weighted by Gasteiger charge is 2.22. The standard InChI is InChI=1S/C17H19NO7S/c1-24-13-6-4-3-5-11(13)9-12(17(20)21)10-18-16(19)14-7-8-15(25-14)26(2,22)23/h3-8,12H,9-10H2,1-2H3,(H,18,19)(H,20,21). The van der Waals surface area contributed by atoms with Crippen LogP contribution in [0, 0.1) is 5.92 Å². The summed E-state index contributed by atoms with van der Waals surface area (Å²) in [4.78, 5) is 23.6. The summed E-state index contributed by atoms with van der Waals surface area (Å²) >= 11 is 0. The zero-order chi connectivity index (χ0) is 19.3. The molecule has 2 rings (SSSR count). The molecule has 0 radical (unpaired) electrons. The van der Waals surface area contributed by atoms with Crippen molar-refractivity contribution in [3.05, 3.63) is 47.7 Å². The highest BCUT2D eigenvalue weighted by molar-refractivity contribution is 7.90. The number of carboxylic acid groups (broad SMARTS) is 1. The van der Waals surface area contributed by atoms with Gasteiger partial charge in [-0.1, -0.05) is 18.2 Å². The molecule has 1 atom stereocenters. The van der Waals surface area contributed by atoms with E-state index in [2.05, 4.69) is 5.32 Å². The molecule has 0 bridgehead atoms. The minimum Gasteiger partial charge on any atom is -0.496 e. The largest absolute Gasteiger partial charge is 0.496 e. The number of ether oxygens (including phenoxy) is 1. The molecule has 0 saturated carbocycles. The molecule has 26 heavy (non-hydrogen) atoms. The Bertz CT molecular complexity index is 901. The molecule has 2 aromatic rings. The Morgan fingerprint density at radius 2 is 1.92 bits per heavy atom. The molecule has 1 unspecified atom stereocenters. The van der Waals surface area contributed by atoms with Crippen LogP contribution in [0.1, 0.15) is 16.1 Å². The van der Waals surface area contributed by atoms with Gasteiger partial charge in [-0.2, -0.15) is 0 Å². The van der Waals surface area contributed by atoms with Crippen molar-refractivity contribution in [2.75, 3.05) is 19.9 Å². The number of aliphatic carboxylic acids is 1. The van der Waals surface area contributed by atoms with Crippen LogP contribution in [0.2, 0.25) is 0 Å². The second kappa shape index (κ2) is 8.05. The van der Waals surface area contributed by atoms with Crippen LogP contribution in [0.5, 0.6) is 5.75 Å². The topological polar surface area (TPSA) is 123 Å². The van der Waals surface area contributed by atoms with Crippen molar-refractivity contribution in [1.29, 1.82) is 0 Å². The first-order valence-corrected chi connectivity index (χ1v) is 9.54. The van der Waals surface area contributed by atoms with Crippen LogP contribution in [0.15, 0.2) is 45.9 Å². The van der Waals surface area contributed by atoms with Crippen LogP contribution in [0.25, 0.3) is 0 Å². The molecule has 0 aliphatic heterocycles. The van der Waals surface area contributed by atoms with Crippen molar-refractivity contribution < 1.29 is 32.3 Å². The smallest absolute Gasteiger partial charge is 0.308 e. The number of methoxy groups -OCH3 is 1. The van der Waals surface area contributed by atoms with Gasteiger partial charge in [-0.05, 0) is 30.2 Å². The van der Waals surface area contributed by atoms with E-state index in [9.17, 15) is 23.1 Å². The zero-order valence-electron chi connectivity index (χ0n) is 14.3. The van der Waals surface area contributed by atoms with Gasteiger partial charge in [-0.15, -0.1) is 0 Å². The van der Waals surface area contributed by atoms with Gasteiger partial charge in [0.25, 0.3) is 5.91 Å². The first-order valence-electron chi connectivity index (χ1n) is 7.65. The number of carbonyl (C=O) groups excluding carboxylic acids is 1. The second-order valence-corrected chi connectivity index (χ2v) is 7.60. The number of sulfone groups is 1. The third kappa shape index (κ3) is 4.85. The second-order valence-electron chi connectivity index (χ2n) is 5.65. The van der Waals surface area contributed by atoms with E-state index in [-0.39, 0.29) is 23.8 Å². The number of nitrogens with one attached hydrogen (secondary N) is 1. The summed E-state index contributed by atoms with van der Waals surface area (Å²) in [6.45, 7) is -0.152. The number of hydrogen-bond acceptors (Lipinski definition) is 6. The van der Waals surface area contributed by atoms with Crippen LogP contribution >= 0.6 is 0 Å². The van der Waals surface area contributed by atoms with E-state index in [0.717, 1.165) is 6.26 Å². The Morgan fingerprint density at radius 3 is 2.50 bits per heavy atom. The average molecular weight is 381 g/mol. The molecule has 0 aliphatic rings. The number of benzene rings is 1. The van der Waals surface area contributed by atoms with Crippen molar-refractivity contribution in [3.63, 3.8) is 0 Å². The average Bonchev–Trinajstić information content (AvgIpc) is 3.09. The number of rotatable bonds is 8. The molecule has 9 heteroatoms. The fourth-order valence-electron chi connectivity index (χ4n) is 2.33. The molecule has 1 aromatic carbocycles. The molecule has 140 valence electrons. The van der Waals surface area contributed by atoms with Crippen LogP contribution in [0.3, 0.4) is 0 Å². The molecule has 0 spiro atoms. The minimum absolute atomic E-state index is 0.152. The van der Waals surface area contributed by atoms with E-state index < -0.39 is 27.6 Å². The third-order valence-electron chi connectivity index (χ3n) is 3.69. The van der Waals surface area contributed by atoms with Crippen LogP contribution in [0.4, 0.5) is 0 Å². The van der Waals surface area contributed by atoms with Gasteiger partial charge < -0.3 is 19.6 Å². The molecule has 2 N–H and O–H groups in total. The lowest BCUT2D eigenvalue weighted by Crippen LogP contribution is -2.34. The summed E-state index contributed by atoms with van der Waals surface area (Å²) in [5.74, 6) is -2.29. The van der Waals surface area contributed by atoms with Gasteiger partial charge in [0.15, 0.2) is 5.76 Å². The lowest BCUT2D eigenvalue weighted by atomic mass is 9.98. The summed E-state index contributed by atoms with van der Waals surface area (Å²) in [5, 5.41) is 11.5. The number of para-hydroxylation sites is 1. The quantitative estimate of drug-likeness (QED) is 0.708. The number of carboxylic acids is 1. The van der Waals surface area contributed by atoms with Crippen molar-refractivity contribution in [3.8, 4) is 5.75 Å². The summed E-state index contributed by atoms with van der Waals surface area (Å²) in [5.41, 5.74) is 0.703. The Hall–Kier alpha value is -2.81. The van der Waals surface area contributed by atoms with Gasteiger partial charge in [0.2, 0.25) is 14.9 Å². The number of furan rings is 1. The minimum atomic E-state index is -3.56. The van der Waals surface area contributed by atoms with Crippen LogP contribution in [-0.2, 0) is 21.1 Å². The van der Waals surface area contributed by atoms with Gasteiger partial charge in [0, 0.05) is 12.8 Å². The van der Waals surface area contributed by atoms with Crippen molar-refractivity contribution in [2.24, 2.45) is 5.92 Å². The van der Waals surface area contributed by atoms with E-state index in [1.807, 2.05) is 0 Å². The van der Waals surface area contributed by atoms with Gasteiger partial charge in [-0.3, -0.25) is 9.59 Å². The molecular weight excluding hydrogens is 362 g/mol. The van der Waals surface area contributed by atoms with Gasteiger partial charge in [0.1, 0.15) is 5.75 Å². The van der Waals surface area contributed by atoms with E-state index in [1.165, 1.54) is 19.2 Å². The van der Waals surface area contributed by atoms with Crippen LogP contribution < -0.4 is 10.1 Å². The summed E-state index contributed by atoms with van der Waals surface area (Å²) in [7, 11) is -2.07. The SMILES string of the molecule is COc1ccccc1CC(CNC(=O)c1ccc(S(C)(=O)=O)o1)C(=O)O. The molecule has 0 aliphatic carbocycles. The predicted molar refractivity (Wildman–Crippen MR) is 92.0 cm³/mol. The van der Waals surface area contributed by atoms with Crippen LogP contribution in [-0.4, -0.2) is 45.3 Å². The molecular formula is C17H19NO7S. The molecule has 1 heterocycles. The Labute approximate surface area is 150 Å². The third-order valence-corrected chi connectivity index (χ3v) is 4.64. The summed E-state index contributed by atoms with van der Waals surface area (Å²) in [6.07, 6.45) is 1.12. The lowest BCUT2D eigenvalue weighted by Gasteiger charge is -2.15. The fraction of sp³-hybridized carbons (Fsp3) is 0.294. The van der Waals surface area contributed by atoms with E-state index in [0.29, 0.717) is 11.3 Å². The Morgan fingerprint density at radius 1 is 1.23 bits per heavy atom. The normalized spacial score (nSPS) is 12.4. The number of hydrogen-bond donors (Lipinski definition) is 2. The van der Waals surface area contributed by atoms with Gasteiger partial charge in [0.05, 0.1) is 13.0 Å². The molecule has 1 amide bonds. The molecule has 1 aromatic heterocycles. The maximum Gasteiger partial charge on any atom is 0.308 e.